The van der Waals surface area contributed by atoms with Gasteiger partial charge in [-0.2, -0.15) is 0 Å². The lowest BCUT2D eigenvalue weighted by atomic mass is 9.93. The van der Waals surface area contributed by atoms with Gasteiger partial charge < -0.3 is 15.2 Å². The Bertz CT molecular complexity index is 1810. The summed E-state index contributed by atoms with van der Waals surface area (Å²) in [5, 5.41) is 0.367. The van der Waals surface area contributed by atoms with Gasteiger partial charge in [0.2, 0.25) is 0 Å². The number of nitrogens with zero attached hydrogens (tertiary/aromatic N) is 6. The third-order valence-electron chi connectivity index (χ3n) is 10.0. The molecule has 7 rings (SSSR count). The highest BCUT2D eigenvalue weighted by atomic mass is 19.3. The van der Waals surface area contributed by atoms with E-state index < -0.39 is 30.5 Å². The lowest BCUT2D eigenvalue weighted by Crippen LogP contribution is -2.67. The van der Waals surface area contributed by atoms with Gasteiger partial charge in [0.25, 0.3) is 5.92 Å². The number of fused-ring (bicyclic) bond motifs is 1. The van der Waals surface area contributed by atoms with Crippen molar-refractivity contribution in [3.63, 3.8) is 0 Å². The molecule has 8 nitrogen and oxygen atoms in total. The Kier molecular flexibility index (Phi) is 8.57. The van der Waals surface area contributed by atoms with Crippen LogP contribution in [-0.2, 0) is 13.1 Å². The monoisotopic (exact) mass is 645 g/mol. The molecule has 248 valence electrons. The smallest absolute Gasteiger partial charge is 0.275 e. The van der Waals surface area contributed by atoms with E-state index in [1.165, 1.54) is 12.1 Å². The lowest BCUT2D eigenvalue weighted by molar-refractivity contribution is -0.102. The molecule has 0 spiro atoms. The topological polar surface area (TPSA) is 83.5 Å². The summed E-state index contributed by atoms with van der Waals surface area (Å²) >= 11 is 0. The SMILES string of the molecule is Cc1ccc(N2CCC[C@H](N(Cc3ccnc(C)c3)Cc3cn(C4CC4)c4ccc(F)cc4c3=O)C2N2CCC(N)C(F)(F)C2)cn1. The molecule has 11 heteroatoms. The van der Waals surface area contributed by atoms with Gasteiger partial charge in [0.1, 0.15) is 5.82 Å². The summed E-state index contributed by atoms with van der Waals surface area (Å²) in [5.41, 5.74) is 10.7. The van der Waals surface area contributed by atoms with Crippen molar-refractivity contribution in [1.29, 1.82) is 0 Å². The number of rotatable bonds is 8. The maximum atomic E-state index is 15.3. The molecule has 3 atom stereocenters. The number of aromatic nitrogens is 3. The highest BCUT2D eigenvalue weighted by Gasteiger charge is 2.48. The van der Waals surface area contributed by atoms with Crippen molar-refractivity contribution >= 4 is 16.6 Å². The lowest BCUT2D eigenvalue weighted by Gasteiger charge is -2.53. The summed E-state index contributed by atoms with van der Waals surface area (Å²) in [5.74, 6) is -3.48. The van der Waals surface area contributed by atoms with Gasteiger partial charge >= 0.3 is 0 Å². The molecule has 2 saturated heterocycles. The molecule has 47 heavy (non-hydrogen) atoms. The molecule has 1 aliphatic carbocycles. The largest absolute Gasteiger partial charge is 0.353 e. The molecule has 0 amide bonds. The van der Waals surface area contributed by atoms with E-state index in [2.05, 4.69) is 24.3 Å². The standard InChI is InChI=1S/C36H42F3N7O/c1-23-5-7-29(18-42-23)45-14-3-4-32(35(45)43-15-12-33(40)36(38,39)22-43)44(19-25-11-13-41-24(2)16-25)20-26-21-46(28-8-9-28)31-10-6-27(37)17-30(31)34(26)47/h5-7,10-11,13,16-18,21,28,32-33,35H,3-4,8-9,12,14-15,19-20,22,40H2,1-2H3/t32-,33?,35?/m0/s1. The highest BCUT2D eigenvalue weighted by Crippen LogP contribution is 2.38. The third kappa shape index (κ3) is 6.53. The van der Waals surface area contributed by atoms with E-state index in [1.807, 2.05) is 55.4 Å². The Hall–Kier alpha value is -3.80. The van der Waals surface area contributed by atoms with Crippen LogP contribution in [0.15, 0.2) is 65.8 Å². The first-order valence-electron chi connectivity index (χ1n) is 16.6. The Morgan fingerprint density at radius 1 is 0.979 bits per heavy atom. The summed E-state index contributed by atoms with van der Waals surface area (Å²) in [4.78, 5) is 29.3. The minimum absolute atomic E-state index is 0.183. The second-order valence-corrected chi connectivity index (χ2v) is 13.6. The number of benzene rings is 1. The third-order valence-corrected chi connectivity index (χ3v) is 10.0. The minimum Gasteiger partial charge on any atom is -0.353 e. The number of alkyl halides is 2. The number of hydrogen-bond donors (Lipinski definition) is 1. The van der Waals surface area contributed by atoms with Crippen LogP contribution in [0.4, 0.5) is 18.9 Å². The van der Waals surface area contributed by atoms with Crippen LogP contribution < -0.4 is 16.1 Å². The van der Waals surface area contributed by atoms with Gasteiger partial charge in [0, 0.05) is 73.0 Å². The second-order valence-electron chi connectivity index (χ2n) is 13.6. The molecule has 3 aromatic heterocycles. The van der Waals surface area contributed by atoms with Crippen LogP contribution in [0.2, 0.25) is 0 Å². The van der Waals surface area contributed by atoms with Crippen LogP contribution in [-0.4, -0.2) is 68.1 Å². The van der Waals surface area contributed by atoms with Crippen LogP contribution in [0, 0.1) is 19.7 Å². The van der Waals surface area contributed by atoms with Gasteiger partial charge in [-0.1, -0.05) is 0 Å². The van der Waals surface area contributed by atoms with Gasteiger partial charge in [-0.25, -0.2) is 13.2 Å². The summed E-state index contributed by atoms with van der Waals surface area (Å²) in [6, 6.07) is 11.2. The van der Waals surface area contributed by atoms with Gasteiger partial charge in [-0.15, -0.1) is 0 Å². The molecule has 5 heterocycles. The molecule has 1 aromatic carbocycles. The maximum absolute atomic E-state index is 15.3. The zero-order valence-electron chi connectivity index (χ0n) is 27.0. The fourth-order valence-electron chi connectivity index (χ4n) is 7.49. The van der Waals surface area contributed by atoms with Gasteiger partial charge in [0.05, 0.1) is 36.2 Å². The summed E-state index contributed by atoms with van der Waals surface area (Å²) in [7, 11) is 0. The first-order valence-corrected chi connectivity index (χ1v) is 16.6. The molecule has 2 unspecified atom stereocenters. The Balaban J connectivity index is 1.34. The molecular formula is C36H42F3N7O. The number of likely N-dealkylation sites (tertiary alicyclic amines) is 1. The van der Waals surface area contributed by atoms with Crippen LogP contribution in [0.5, 0.6) is 0 Å². The number of hydrogen-bond acceptors (Lipinski definition) is 7. The van der Waals surface area contributed by atoms with E-state index in [0.29, 0.717) is 30.6 Å². The molecule has 1 saturated carbocycles. The number of nitrogens with two attached hydrogens (primary N) is 1. The minimum atomic E-state index is -3.04. The Morgan fingerprint density at radius 2 is 1.81 bits per heavy atom. The molecule has 3 aliphatic rings. The van der Waals surface area contributed by atoms with Crippen LogP contribution in [0.3, 0.4) is 0 Å². The quantitative estimate of drug-likeness (QED) is 0.269. The van der Waals surface area contributed by atoms with E-state index in [0.717, 1.165) is 53.8 Å². The molecule has 0 bridgehead atoms. The fraction of sp³-hybridized carbons (Fsp3) is 0.472. The van der Waals surface area contributed by atoms with E-state index in [4.69, 9.17) is 5.73 Å². The molecule has 2 aliphatic heterocycles. The molecule has 3 fully saturated rings. The zero-order chi connectivity index (χ0) is 32.9. The number of halogens is 3. The summed E-state index contributed by atoms with van der Waals surface area (Å²) < 4.78 is 47.3. The summed E-state index contributed by atoms with van der Waals surface area (Å²) in [6.45, 7) is 5.30. The van der Waals surface area contributed by atoms with Crippen molar-refractivity contribution in [2.24, 2.45) is 5.73 Å². The van der Waals surface area contributed by atoms with Crippen LogP contribution >= 0.6 is 0 Å². The number of piperidine rings is 2. The van der Waals surface area contributed by atoms with Gasteiger partial charge in [-0.05, 0) is 94.0 Å². The first-order chi connectivity index (χ1) is 22.6. The van der Waals surface area contributed by atoms with Crippen molar-refractivity contribution in [3.8, 4) is 0 Å². The summed E-state index contributed by atoms with van der Waals surface area (Å²) in [6.07, 6.45) is 8.89. The number of pyridine rings is 3. The van der Waals surface area contributed by atoms with Crippen molar-refractivity contribution in [2.45, 2.75) is 89.3 Å². The predicted molar refractivity (Wildman–Crippen MR) is 177 cm³/mol. The molecule has 4 aromatic rings. The zero-order valence-corrected chi connectivity index (χ0v) is 27.0. The predicted octanol–water partition coefficient (Wildman–Crippen LogP) is 5.55. The Labute approximate surface area is 273 Å². The van der Waals surface area contributed by atoms with Crippen molar-refractivity contribution in [1.82, 2.24) is 24.3 Å². The van der Waals surface area contributed by atoms with E-state index in [1.54, 1.807) is 12.3 Å². The second kappa shape index (κ2) is 12.7. The normalized spacial score (nSPS) is 23.5. The van der Waals surface area contributed by atoms with E-state index >= 15 is 8.78 Å². The van der Waals surface area contributed by atoms with Crippen molar-refractivity contribution in [2.75, 3.05) is 24.5 Å². The molecule has 2 N–H and O–H groups in total. The van der Waals surface area contributed by atoms with E-state index in [-0.39, 0.29) is 30.5 Å². The Morgan fingerprint density at radius 3 is 2.53 bits per heavy atom. The molecular weight excluding hydrogens is 603 g/mol. The fourth-order valence-corrected chi connectivity index (χ4v) is 7.49. The average molecular weight is 646 g/mol. The first kappa shape index (κ1) is 31.8. The highest BCUT2D eigenvalue weighted by molar-refractivity contribution is 5.80. The van der Waals surface area contributed by atoms with Crippen LogP contribution in [0.1, 0.15) is 60.7 Å². The molecule has 0 radical (unpaired) electrons. The van der Waals surface area contributed by atoms with Gasteiger partial charge in [0.15, 0.2) is 5.43 Å². The number of aryl methyl sites for hydroxylation is 2. The van der Waals surface area contributed by atoms with E-state index in [9.17, 15) is 9.18 Å². The van der Waals surface area contributed by atoms with Crippen LogP contribution in [0.25, 0.3) is 10.9 Å². The van der Waals surface area contributed by atoms with Crippen molar-refractivity contribution < 1.29 is 13.2 Å². The number of anilines is 1. The maximum Gasteiger partial charge on any atom is 0.275 e. The van der Waals surface area contributed by atoms with Crippen molar-refractivity contribution in [3.05, 3.63) is 99.6 Å². The average Bonchev–Trinajstić information content (AvgIpc) is 3.89. The van der Waals surface area contributed by atoms with Gasteiger partial charge in [-0.3, -0.25) is 24.6 Å².